The van der Waals surface area contributed by atoms with Crippen molar-refractivity contribution in [1.29, 1.82) is 0 Å². The maximum Gasteiger partial charge on any atom is 0.307 e. The lowest BCUT2D eigenvalue weighted by Crippen LogP contribution is -2.70. The molecule has 9 heteroatoms. The molecular weight excluding hydrogens is 687 g/mol. The third kappa shape index (κ3) is 5.85. The number of hydrogen-bond acceptors (Lipinski definition) is 7. The standard InChI is InChI=1S/C46H71N5O4/c1-27(2)30(5)42(10)18-19-43(11)32-14-15-35-41(9)22-34(51-38(48-26-49-51)31-20-28(3)50-29(4)21-31)37(55-24-45(13,47)40(6,7)8)46(35,25-54-23-41)33(32)16-17-44(43,12)36(42)39(52)53/h16,20-21,26-27,30,32,34-37H,14-15,17-19,22-25,47H2,1-13H3,(H,52,53)/t30-,32+,34-,35-,36-,37+,41-,42-,43-,44+,45+,46+/m1/s1. The number of rotatable bonds is 8. The molecule has 1 saturated heterocycles. The molecule has 0 spiro atoms. The van der Waals surface area contributed by atoms with Crippen molar-refractivity contribution in [3.63, 3.8) is 0 Å². The van der Waals surface area contributed by atoms with Crippen molar-refractivity contribution in [2.75, 3.05) is 19.8 Å². The van der Waals surface area contributed by atoms with E-state index in [1.54, 1.807) is 6.33 Å². The third-order valence-electron chi connectivity index (χ3n) is 17.5. The first-order valence-corrected chi connectivity index (χ1v) is 21.2. The molecule has 304 valence electrons. The average molecular weight is 758 g/mol. The van der Waals surface area contributed by atoms with Gasteiger partial charge in [0.2, 0.25) is 0 Å². The van der Waals surface area contributed by atoms with Gasteiger partial charge in [0.15, 0.2) is 5.82 Å². The summed E-state index contributed by atoms with van der Waals surface area (Å²) < 4.78 is 16.5. The number of hydrogen-bond donors (Lipinski definition) is 2. The fourth-order valence-corrected chi connectivity index (χ4v) is 13.2. The molecule has 2 aromatic heterocycles. The Bertz CT molecular complexity index is 1820. The second-order valence-corrected chi connectivity index (χ2v) is 21.7. The van der Waals surface area contributed by atoms with Gasteiger partial charge >= 0.3 is 5.97 Å². The summed E-state index contributed by atoms with van der Waals surface area (Å²) in [6, 6.07) is 4.09. The second kappa shape index (κ2) is 13.2. The van der Waals surface area contributed by atoms with Crippen LogP contribution in [0.5, 0.6) is 0 Å². The fourth-order valence-electron chi connectivity index (χ4n) is 13.2. The minimum atomic E-state index is -0.635. The molecule has 2 aromatic rings. The highest BCUT2D eigenvalue weighted by Crippen LogP contribution is 2.75. The molecule has 0 unspecified atom stereocenters. The number of nitrogens with zero attached hydrogens (tertiary/aromatic N) is 4. The molecule has 7 rings (SSSR count). The first-order chi connectivity index (χ1) is 25.5. The zero-order valence-corrected chi connectivity index (χ0v) is 36.3. The number of aromatic nitrogens is 4. The van der Waals surface area contributed by atoms with Crippen molar-refractivity contribution in [1.82, 2.24) is 19.7 Å². The lowest BCUT2D eigenvalue weighted by molar-refractivity contribution is -0.255. The van der Waals surface area contributed by atoms with Crippen molar-refractivity contribution in [3.8, 4) is 11.4 Å². The number of aryl methyl sites for hydroxylation is 2. The molecule has 4 fully saturated rings. The topological polar surface area (TPSA) is 125 Å². The van der Waals surface area contributed by atoms with Gasteiger partial charge in [-0.2, -0.15) is 5.10 Å². The van der Waals surface area contributed by atoms with Crippen molar-refractivity contribution in [3.05, 3.63) is 41.5 Å². The summed E-state index contributed by atoms with van der Waals surface area (Å²) >= 11 is 0. The van der Waals surface area contributed by atoms with Crippen LogP contribution in [0.1, 0.15) is 132 Å². The summed E-state index contributed by atoms with van der Waals surface area (Å²) in [6.07, 6.45) is 9.54. The van der Waals surface area contributed by atoms with E-state index in [9.17, 15) is 9.90 Å². The summed E-state index contributed by atoms with van der Waals surface area (Å²) in [7, 11) is 0. The van der Waals surface area contributed by atoms with Crippen LogP contribution in [-0.4, -0.2) is 62.3 Å². The molecule has 0 radical (unpaired) electrons. The molecule has 1 aliphatic heterocycles. The second-order valence-electron chi connectivity index (χ2n) is 21.7. The Morgan fingerprint density at radius 1 is 1.04 bits per heavy atom. The highest BCUT2D eigenvalue weighted by Gasteiger charge is 2.73. The van der Waals surface area contributed by atoms with Gasteiger partial charge in [0, 0.05) is 27.9 Å². The first-order valence-electron chi connectivity index (χ1n) is 21.2. The van der Waals surface area contributed by atoms with E-state index >= 15 is 0 Å². The maximum absolute atomic E-state index is 13.7. The summed E-state index contributed by atoms with van der Waals surface area (Å²) in [6.45, 7) is 30.7. The number of carbonyl (C=O) groups is 1. The molecule has 4 aliphatic carbocycles. The lowest BCUT2D eigenvalue weighted by atomic mass is 9.34. The van der Waals surface area contributed by atoms with Gasteiger partial charge in [-0.15, -0.1) is 0 Å². The molecule has 55 heavy (non-hydrogen) atoms. The van der Waals surface area contributed by atoms with Crippen LogP contribution < -0.4 is 5.73 Å². The molecule has 2 bridgehead atoms. The number of carboxylic acid groups (broad SMARTS) is 1. The van der Waals surface area contributed by atoms with Crippen LogP contribution in [0.25, 0.3) is 11.4 Å². The summed E-state index contributed by atoms with van der Waals surface area (Å²) in [4.78, 5) is 23.3. The quantitative estimate of drug-likeness (QED) is 0.256. The van der Waals surface area contributed by atoms with Crippen LogP contribution in [0, 0.1) is 75.9 Å². The lowest BCUT2D eigenvalue weighted by Gasteiger charge is -2.71. The predicted octanol–water partition coefficient (Wildman–Crippen LogP) is 9.24. The van der Waals surface area contributed by atoms with Crippen LogP contribution in [0.2, 0.25) is 0 Å². The van der Waals surface area contributed by atoms with E-state index in [0.717, 1.165) is 61.3 Å². The van der Waals surface area contributed by atoms with E-state index in [0.29, 0.717) is 31.7 Å². The van der Waals surface area contributed by atoms with Crippen LogP contribution in [0.3, 0.4) is 0 Å². The SMILES string of the molecule is Cc1cc(-c2ncnn2[C@@H]2C[C@]3(C)COC[C@@]4(C5=CC[C@@]6(C)[C@H](C(=O)O)[C@@](C)([C@H](C)C(C)C)CC[C@]6(C)[C@H]5CC[C@H]34)[C@H]2OC[C@](C)(N)C(C)(C)C)cc(C)n1. The molecule has 3 heterocycles. The monoisotopic (exact) mass is 758 g/mol. The van der Waals surface area contributed by atoms with Gasteiger partial charge in [-0.05, 0) is 122 Å². The average Bonchev–Trinajstić information content (AvgIpc) is 3.57. The number of pyridine rings is 1. The van der Waals surface area contributed by atoms with Gasteiger partial charge in [-0.25, -0.2) is 9.67 Å². The van der Waals surface area contributed by atoms with E-state index in [2.05, 4.69) is 104 Å². The number of ether oxygens (including phenoxy) is 2. The normalized spacial score (nSPS) is 40.3. The molecule has 3 saturated carbocycles. The number of carboxylic acids is 1. The molecule has 12 atom stereocenters. The van der Waals surface area contributed by atoms with Crippen LogP contribution in [-0.2, 0) is 14.3 Å². The first kappa shape index (κ1) is 40.6. The Kier molecular flexibility index (Phi) is 9.74. The highest BCUT2D eigenvalue weighted by molar-refractivity contribution is 5.73. The smallest absolute Gasteiger partial charge is 0.307 e. The molecule has 0 amide bonds. The third-order valence-corrected chi connectivity index (χ3v) is 17.5. The highest BCUT2D eigenvalue weighted by atomic mass is 16.5. The number of aliphatic carboxylic acids is 1. The minimum absolute atomic E-state index is 0.124. The van der Waals surface area contributed by atoms with Gasteiger partial charge in [0.1, 0.15) is 6.33 Å². The van der Waals surface area contributed by atoms with E-state index in [4.69, 9.17) is 25.3 Å². The van der Waals surface area contributed by atoms with Crippen LogP contribution in [0.4, 0.5) is 0 Å². The van der Waals surface area contributed by atoms with Gasteiger partial charge < -0.3 is 20.3 Å². The van der Waals surface area contributed by atoms with E-state index in [-0.39, 0.29) is 45.6 Å². The molecular formula is C46H71N5O4. The van der Waals surface area contributed by atoms with Gasteiger partial charge in [-0.1, -0.05) is 80.9 Å². The predicted molar refractivity (Wildman–Crippen MR) is 217 cm³/mol. The molecule has 9 nitrogen and oxygen atoms in total. The van der Waals surface area contributed by atoms with Crippen molar-refractivity contribution < 1.29 is 19.4 Å². The number of fused-ring (bicyclic) bond motifs is 3. The molecule has 0 aromatic carbocycles. The minimum Gasteiger partial charge on any atom is -0.481 e. The molecule has 5 aliphatic rings. The van der Waals surface area contributed by atoms with Crippen molar-refractivity contribution >= 4 is 5.97 Å². The Morgan fingerprint density at radius 3 is 2.33 bits per heavy atom. The van der Waals surface area contributed by atoms with Crippen LogP contribution >= 0.6 is 0 Å². The summed E-state index contributed by atoms with van der Waals surface area (Å²) in [5, 5.41) is 16.3. The zero-order valence-electron chi connectivity index (χ0n) is 36.3. The number of allylic oxidation sites excluding steroid dienone is 1. The van der Waals surface area contributed by atoms with Crippen LogP contribution in [0.15, 0.2) is 30.1 Å². The van der Waals surface area contributed by atoms with E-state index in [1.165, 1.54) is 5.57 Å². The fraction of sp³-hybridized carbons (Fsp3) is 0.783. The summed E-state index contributed by atoms with van der Waals surface area (Å²) in [5.74, 6) is 0.995. The van der Waals surface area contributed by atoms with Gasteiger partial charge in [0.25, 0.3) is 0 Å². The summed E-state index contributed by atoms with van der Waals surface area (Å²) in [5.41, 5.74) is 9.24. The van der Waals surface area contributed by atoms with Crippen molar-refractivity contribution in [2.45, 2.75) is 146 Å². The van der Waals surface area contributed by atoms with Gasteiger partial charge in [0.05, 0.1) is 37.9 Å². The van der Waals surface area contributed by atoms with E-state index in [1.807, 2.05) is 13.8 Å². The Hall–Kier alpha value is -2.62. The maximum atomic E-state index is 13.7. The zero-order chi connectivity index (χ0) is 40.3. The van der Waals surface area contributed by atoms with Crippen molar-refractivity contribution in [2.24, 2.45) is 67.8 Å². The Labute approximate surface area is 331 Å². The Balaban J connectivity index is 1.41. The largest absolute Gasteiger partial charge is 0.481 e. The molecule has 3 N–H and O–H groups in total. The Morgan fingerprint density at radius 2 is 1.71 bits per heavy atom. The van der Waals surface area contributed by atoms with Gasteiger partial charge in [-0.3, -0.25) is 9.78 Å². The number of nitrogens with two attached hydrogens (primary N) is 1. The van der Waals surface area contributed by atoms with E-state index < -0.39 is 28.3 Å².